The molecule has 5 heteroatoms. The molecule has 4 nitrogen and oxygen atoms in total. The van der Waals surface area contributed by atoms with Crippen molar-refractivity contribution < 1.29 is 9.53 Å². The summed E-state index contributed by atoms with van der Waals surface area (Å²) in [6, 6.07) is 3.76. The lowest BCUT2D eigenvalue weighted by Gasteiger charge is -2.19. The Labute approximate surface area is 114 Å². The van der Waals surface area contributed by atoms with E-state index >= 15 is 0 Å². The molecule has 0 aliphatic rings. The van der Waals surface area contributed by atoms with Gasteiger partial charge in [-0.25, -0.2) is 14.3 Å². The fraction of sp³-hybridized carbons (Fsp3) is 0.385. The van der Waals surface area contributed by atoms with E-state index in [1.54, 1.807) is 6.20 Å². The molecule has 0 aliphatic heterocycles. The summed E-state index contributed by atoms with van der Waals surface area (Å²) in [5, 5.41) is 0.895. The Kier molecular flexibility index (Phi) is 3.19. The quantitative estimate of drug-likeness (QED) is 0.741. The van der Waals surface area contributed by atoms with E-state index in [4.69, 9.17) is 4.74 Å². The van der Waals surface area contributed by atoms with Crippen LogP contribution in [0, 0.1) is 6.92 Å². The van der Waals surface area contributed by atoms with E-state index in [0.717, 1.165) is 15.6 Å². The van der Waals surface area contributed by atoms with Gasteiger partial charge in [0.1, 0.15) is 5.60 Å². The van der Waals surface area contributed by atoms with Gasteiger partial charge in [-0.2, -0.15) is 0 Å². The first-order valence-electron chi connectivity index (χ1n) is 5.65. The summed E-state index contributed by atoms with van der Waals surface area (Å²) >= 11 is 3.47. The SMILES string of the molecule is Cc1cc(Br)c2ccn(C(=O)OC(C)(C)C)c2n1. The maximum atomic E-state index is 12.0. The van der Waals surface area contributed by atoms with Gasteiger partial charge in [0.25, 0.3) is 0 Å². The number of halogens is 1. The predicted octanol–water partition coefficient (Wildman–Crippen LogP) is 3.89. The fourth-order valence-corrected chi connectivity index (χ4v) is 2.28. The molecule has 0 amide bonds. The number of aryl methyl sites for hydroxylation is 1. The molecule has 0 aromatic carbocycles. The van der Waals surface area contributed by atoms with Crippen LogP contribution in [-0.4, -0.2) is 21.2 Å². The second-order valence-electron chi connectivity index (χ2n) is 5.15. The van der Waals surface area contributed by atoms with Crippen LogP contribution in [0.15, 0.2) is 22.8 Å². The van der Waals surface area contributed by atoms with Gasteiger partial charge in [-0.05, 0) is 55.8 Å². The van der Waals surface area contributed by atoms with Gasteiger partial charge in [0, 0.05) is 21.7 Å². The number of carbonyl (C=O) groups excluding carboxylic acids is 1. The maximum absolute atomic E-state index is 12.0. The van der Waals surface area contributed by atoms with E-state index in [1.165, 1.54) is 4.57 Å². The number of carbonyl (C=O) groups is 1. The third-order valence-corrected chi connectivity index (χ3v) is 2.98. The monoisotopic (exact) mass is 310 g/mol. The first-order chi connectivity index (χ1) is 8.28. The van der Waals surface area contributed by atoms with Crippen LogP contribution in [0.5, 0.6) is 0 Å². The van der Waals surface area contributed by atoms with E-state index in [9.17, 15) is 4.79 Å². The second kappa shape index (κ2) is 4.39. The standard InChI is InChI=1S/C13H15BrN2O2/c1-8-7-10(14)9-5-6-16(11(9)15-8)12(17)18-13(2,3)4/h5-7H,1-4H3. The molecule has 0 fully saturated rings. The van der Waals surface area contributed by atoms with Crippen LogP contribution in [0.25, 0.3) is 11.0 Å². The summed E-state index contributed by atoms with van der Waals surface area (Å²) in [4.78, 5) is 16.4. The number of ether oxygens (including phenoxy) is 1. The number of nitrogens with zero attached hydrogens (tertiary/aromatic N) is 2. The first-order valence-corrected chi connectivity index (χ1v) is 6.45. The molecular weight excluding hydrogens is 296 g/mol. The Hall–Kier alpha value is -1.36. The third-order valence-electron chi connectivity index (χ3n) is 2.32. The average Bonchev–Trinajstić information content (AvgIpc) is 2.58. The van der Waals surface area contributed by atoms with Gasteiger partial charge in [0.05, 0.1) is 0 Å². The lowest BCUT2D eigenvalue weighted by Crippen LogP contribution is -2.26. The molecular formula is C13H15BrN2O2. The Bertz CT molecular complexity index is 611. The molecule has 0 spiro atoms. The molecule has 0 saturated carbocycles. The van der Waals surface area contributed by atoms with Crippen molar-refractivity contribution in [2.45, 2.75) is 33.3 Å². The van der Waals surface area contributed by atoms with E-state index in [-0.39, 0.29) is 0 Å². The van der Waals surface area contributed by atoms with E-state index in [0.29, 0.717) is 5.65 Å². The zero-order valence-electron chi connectivity index (χ0n) is 10.8. The van der Waals surface area contributed by atoms with Crippen LogP contribution in [0.2, 0.25) is 0 Å². The van der Waals surface area contributed by atoms with Crippen molar-refractivity contribution in [2.75, 3.05) is 0 Å². The fourth-order valence-electron chi connectivity index (χ4n) is 1.64. The smallest absolute Gasteiger partial charge is 0.420 e. The van der Waals surface area contributed by atoms with Crippen LogP contribution in [0.1, 0.15) is 26.5 Å². The van der Waals surface area contributed by atoms with E-state index in [1.807, 2.05) is 39.8 Å². The number of fused-ring (bicyclic) bond motifs is 1. The molecule has 0 atom stereocenters. The number of aromatic nitrogens is 2. The van der Waals surface area contributed by atoms with Crippen molar-refractivity contribution in [1.82, 2.24) is 9.55 Å². The topological polar surface area (TPSA) is 44.1 Å². The number of hydrogen-bond donors (Lipinski definition) is 0. The van der Waals surface area contributed by atoms with Gasteiger partial charge < -0.3 is 4.74 Å². The van der Waals surface area contributed by atoms with Crippen molar-refractivity contribution >= 4 is 33.1 Å². The lowest BCUT2D eigenvalue weighted by atomic mass is 10.2. The maximum Gasteiger partial charge on any atom is 0.420 e. The third kappa shape index (κ3) is 2.56. The minimum atomic E-state index is -0.519. The normalized spacial score (nSPS) is 11.8. The van der Waals surface area contributed by atoms with Gasteiger partial charge in [0.2, 0.25) is 0 Å². The van der Waals surface area contributed by atoms with Crippen molar-refractivity contribution in [1.29, 1.82) is 0 Å². The molecule has 2 aromatic rings. The minimum absolute atomic E-state index is 0.414. The van der Waals surface area contributed by atoms with Crippen molar-refractivity contribution in [3.63, 3.8) is 0 Å². The van der Waals surface area contributed by atoms with Crippen LogP contribution in [0.4, 0.5) is 4.79 Å². The summed E-state index contributed by atoms with van der Waals surface area (Å²) < 4.78 is 7.69. The first kappa shape index (κ1) is 13.1. The summed E-state index contributed by atoms with van der Waals surface area (Å²) in [6.07, 6.45) is 1.26. The number of rotatable bonds is 0. The molecule has 2 aromatic heterocycles. The zero-order chi connectivity index (χ0) is 13.5. The summed E-state index contributed by atoms with van der Waals surface area (Å²) in [7, 11) is 0. The molecule has 96 valence electrons. The van der Waals surface area contributed by atoms with Crippen LogP contribution in [-0.2, 0) is 4.74 Å². The Morgan fingerprint density at radius 2 is 2.11 bits per heavy atom. The van der Waals surface area contributed by atoms with E-state index < -0.39 is 11.7 Å². The average molecular weight is 311 g/mol. The largest absolute Gasteiger partial charge is 0.443 e. The Morgan fingerprint density at radius 1 is 1.44 bits per heavy atom. The van der Waals surface area contributed by atoms with Crippen molar-refractivity contribution in [3.8, 4) is 0 Å². The minimum Gasteiger partial charge on any atom is -0.443 e. The zero-order valence-corrected chi connectivity index (χ0v) is 12.4. The predicted molar refractivity (Wildman–Crippen MR) is 73.8 cm³/mol. The summed E-state index contributed by atoms with van der Waals surface area (Å²) in [5.74, 6) is 0. The Morgan fingerprint density at radius 3 is 2.72 bits per heavy atom. The highest BCUT2D eigenvalue weighted by Gasteiger charge is 2.20. The highest BCUT2D eigenvalue weighted by Crippen LogP contribution is 2.25. The van der Waals surface area contributed by atoms with Gasteiger partial charge >= 0.3 is 6.09 Å². The molecule has 0 radical (unpaired) electrons. The van der Waals surface area contributed by atoms with Crippen LogP contribution < -0.4 is 0 Å². The molecule has 0 aliphatic carbocycles. The van der Waals surface area contributed by atoms with Crippen LogP contribution in [0.3, 0.4) is 0 Å². The molecule has 0 bridgehead atoms. The lowest BCUT2D eigenvalue weighted by molar-refractivity contribution is 0.0543. The van der Waals surface area contributed by atoms with Gasteiger partial charge in [0.15, 0.2) is 5.65 Å². The molecule has 18 heavy (non-hydrogen) atoms. The number of hydrogen-bond acceptors (Lipinski definition) is 3. The highest BCUT2D eigenvalue weighted by atomic mass is 79.9. The van der Waals surface area contributed by atoms with E-state index in [2.05, 4.69) is 20.9 Å². The van der Waals surface area contributed by atoms with Crippen LogP contribution >= 0.6 is 15.9 Å². The molecule has 0 saturated heterocycles. The van der Waals surface area contributed by atoms with Crippen molar-refractivity contribution in [3.05, 3.63) is 28.5 Å². The molecule has 0 N–H and O–H groups in total. The van der Waals surface area contributed by atoms with Gasteiger partial charge in [-0.15, -0.1) is 0 Å². The molecule has 0 unspecified atom stereocenters. The van der Waals surface area contributed by atoms with Gasteiger partial charge in [-0.3, -0.25) is 0 Å². The van der Waals surface area contributed by atoms with Crippen molar-refractivity contribution in [2.24, 2.45) is 0 Å². The summed E-state index contributed by atoms with van der Waals surface area (Å²) in [5.41, 5.74) is 0.934. The number of pyridine rings is 1. The van der Waals surface area contributed by atoms with Gasteiger partial charge in [-0.1, -0.05) is 0 Å². The molecule has 2 heterocycles. The Balaban J connectivity index is 2.49. The molecule has 2 rings (SSSR count). The highest BCUT2D eigenvalue weighted by molar-refractivity contribution is 9.10. The summed E-state index contributed by atoms with van der Waals surface area (Å²) in [6.45, 7) is 7.40. The second-order valence-corrected chi connectivity index (χ2v) is 6.00.